The molecule has 2 N–H and O–H groups in total. The van der Waals surface area contributed by atoms with Gasteiger partial charge in [-0.2, -0.15) is 0 Å². The minimum atomic E-state index is -0.170. The number of methoxy groups -OCH3 is 1. The van der Waals surface area contributed by atoms with Gasteiger partial charge in [0.15, 0.2) is 5.76 Å². The third-order valence-corrected chi connectivity index (χ3v) is 4.44. The summed E-state index contributed by atoms with van der Waals surface area (Å²) in [5.41, 5.74) is 3.17. The third-order valence-electron chi connectivity index (χ3n) is 4.19. The van der Waals surface area contributed by atoms with Crippen molar-refractivity contribution in [2.75, 3.05) is 17.7 Å². The Labute approximate surface area is 168 Å². The average Bonchev–Trinajstić information content (AvgIpc) is 3.05. The van der Waals surface area contributed by atoms with Crippen LogP contribution in [0.25, 0.3) is 11.3 Å². The molecule has 0 saturated carbocycles. The molecule has 0 bridgehead atoms. The highest BCUT2D eigenvalue weighted by Gasteiger charge is 2.17. The van der Waals surface area contributed by atoms with Crippen molar-refractivity contribution in [1.82, 2.24) is 4.98 Å². The van der Waals surface area contributed by atoms with Crippen LogP contribution in [-0.4, -0.2) is 18.0 Å². The number of hydrogen-bond donors (Lipinski definition) is 2. The van der Waals surface area contributed by atoms with Gasteiger partial charge < -0.3 is 19.8 Å². The van der Waals surface area contributed by atoms with Crippen LogP contribution in [0.1, 0.15) is 31.5 Å². The zero-order valence-corrected chi connectivity index (χ0v) is 16.9. The summed E-state index contributed by atoms with van der Waals surface area (Å²) in [5, 5.41) is 6.76. The molecule has 0 aliphatic rings. The summed E-state index contributed by atoms with van der Waals surface area (Å²) in [6.07, 6.45) is 0. The standard InChI is InChI=1S/C21H22ClN3O3/c1-12-20(15-5-7-16(22)8-6-15)28-21(24-12)13(2)23-17-9-10-18(25-14(3)26)19(11-17)27-4/h5-11,13,23H,1-4H3,(H,25,26)/t13-/m1/s1. The normalized spacial score (nSPS) is 11.8. The smallest absolute Gasteiger partial charge is 0.221 e. The van der Waals surface area contributed by atoms with Gasteiger partial charge in [-0.15, -0.1) is 0 Å². The molecular weight excluding hydrogens is 378 g/mol. The maximum atomic E-state index is 11.3. The number of nitrogens with zero attached hydrogens (tertiary/aromatic N) is 1. The van der Waals surface area contributed by atoms with E-state index in [1.54, 1.807) is 13.2 Å². The Balaban J connectivity index is 1.80. The maximum Gasteiger partial charge on any atom is 0.221 e. The van der Waals surface area contributed by atoms with Crippen LogP contribution in [0.3, 0.4) is 0 Å². The molecule has 0 fully saturated rings. The highest BCUT2D eigenvalue weighted by Crippen LogP contribution is 2.32. The summed E-state index contributed by atoms with van der Waals surface area (Å²) in [6, 6.07) is 12.8. The first-order valence-electron chi connectivity index (χ1n) is 8.83. The number of ether oxygens (including phenoxy) is 1. The summed E-state index contributed by atoms with van der Waals surface area (Å²) in [5.74, 6) is 1.71. The minimum absolute atomic E-state index is 0.155. The SMILES string of the molecule is COc1cc(N[C@H](C)c2nc(C)c(-c3ccc(Cl)cc3)o2)ccc1NC(C)=O. The predicted octanol–water partition coefficient (Wildman–Crippen LogP) is 5.44. The first-order valence-corrected chi connectivity index (χ1v) is 9.20. The number of rotatable bonds is 6. The zero-order valence-electron chi connectivity index (χ0n) is 16.2. The second kappa shape index (κ2) is 8.35. The molecule has 7 heteroatoms. The number of halogens is 1. The lowest BCUT2D eigenvalue weighted by Gasteiger charge is -2.15. The number of aromatic nitrogens is 1. The number of carbonyl (C=O) groups excluding carboxylic acids is 1. The van der Waals surface area contributed by atoms with Crippen molar-refractivity contribution in [3.05, 3.63) is 59.1 Å². The highest BCUT2D eigenvalue weighted by atomic mass is 35.5. The number of hydrogen-bond acceptors (Lipinski definition) is 5. The summed E-state index contributed by atoms with van der Waals surface area (Å²) < 4.78 is 11.4. The molecule has 3 aromatic rings. The lowest BCUT2D eigenvalue weighted by Crippen LogP contribution is -2.09. The van der Waals surface area contributed by atoms with Gasteiger partial charge in [-0.1, -0.05) is 11.6 Å². The highest BCUT2D eigenvalue weighted by molar-refractivity contribution is 6.30. The topological polar surface area (TPSA) is 76.4 Å². The monoisotopic (exact) mass is 399 g/mol. The van der Waals surface area contributed by atoms with Gasteiger partial charge in [0.05, 0.1) is 18.5 Å². The fourth-order valence-electron chi connectivity index (χ4n) is 2.86. The largest absolute Gasteiger partial charge is 0.494 e. The van der Waals surface area contributed by atoms with Crippen LogP contribution in [-0.2, 0) is 4.79 Å². The quantitative estimate of drug-likeness (QED) is 0.576. The van der Waals surface area contributed by atoms with Crippen molar-refractivity contribution in [3.63, 3.8) is 0 Å². The Bertz CT molecular complexity index is 983. The molecule has 0 saturated heterocycles. The van der Waals surface area contributed by atoms with Crippen LogP contribution in [0.15, 0.2) is 46.9 Å². The Morgan fingerprint density at radius 3 is 2.57 bits per heavy atom. The molecule has 2 aromatic carbocycles. The number of amides is 1. The summed E-state index contributed by atoms with van der Waals surface area (Å²) >= 11 is 5.96. The molecule has 1 atom stereocenters. The van der Waals surface area contributed by atoms with E-state index in [0.717, 1.165) is 22.7 Å². The second-order valence-electron chi connectivity index (χ2n) is 6.44. The Hall–Kier alpha value is -2.99. The first kappa shape index (κ1) is 19.8. The molecule has 1 aromatic heterocycles. The second-order valence-corrected chi connectivity index (χ2v) is 6.87. The van der Waals surface area contributed by atoms with Gasteiger partial charge in [-0.25, -0.2) is 4.98 Å². The molecule has 28 heavy (non-hydrogen) atoms. The van der Waals surface area contributed by atoms with Crippen LogP contribution < -0.4 is 15.4 Å². The van der Waals surface area contributed by atoms with Crippen LogP contribution in [0.4, 0.5) is 11.4 Å². The van der Waals surface area contributed by atoms with Gasteiger partial charge in [-0.3, -0.25) is 4.79 Å². The summed E-state index contributed by atoms with van der Waals surface area (Å²) in [6.45, 7) is 5.33. The molecule has 1 heterocycles. The molecule has 3 rings (SSSR count). The van der Waals surface area contributed by atoms with Crippen molar-refractivity contribution in [2.45, 2.75) is 26.8 Å². The van der Waals surface area contributed by atoms with Gasteiger partial charge in [0.25, 0.3) is 0 Å². The predicted molar refractivity (Wildman–Crippen MR) is 111 cm³/mol. The van der Waals surface area contributed by atoms with Gasteiger partial charge in [0, 0.05) is 29.3 Å². The van der Waals surface area contributed by atoms with E-state index in [1.807, 2.05) is 50.2 Å². The van der Waals surface area contributed by atoms with Crippen molar-refractivity contribution in [3.8, 4) is 17.1 Å². The van der Waals surface area contributed by atoms with Crippen molar-refractivity contribution < 1.29 is 13.9 Å². The number of aryl methyl sites for hydroxylation is 1. The maximum absolute atomic E-state index is 11.3. The first-order chi connectivity index (χ1) is 13.4. The van der Waals surface area contributed by atoms with E-state index in [1.165, 1.54) is 6.92 Å². The fourth-order valence-corrected chi connectivity index (χ4v) is 2.98. The van der Waals surface area contributed by atoms with E-state index in [9.17, 15) is 4.79 Å². The van der Waals surface area contributed by atoms with Crippen molar-refractivity contribution in [1.29, 1.82) is 0 Å². The number of oxazole rings is 1. The number of benzene rings is 2. The van der Waals surface area contributed by atoms with Gasteiger partial charge in [0.2, 0.25) is 11.8 Å². The van der Waals surface area contributed by atoms with E-state index in [0.29, 0.717) is 22.4 Å². The van der Waals surface area contributed by atoms with E-state index >= 15 is 0 Å². The Morgan fingerprint density at radius 1 is 1.21 bits per heavy atom. The van der Waals surface area contributed by atoms with Crippen LogP contribution >= 0.6 is 11.6 Å². The van der Waals surface area contributed by atoms with E-state index in [-0.39, 0.29) is 11.9 Å². The molecular formula is C21H22ClN3O3. The Kier molecular flexibility index (Phi) is 5.90. The molecule has 0 spiro atoms. The molecule has 1 amide bonds. The van der Waals surface area contributed by atoms with Crippen molar-refractivity contribution >= 4 is 28.9 Å². The summed E-state index contributed by atoms with van der Waals surface area (Å²) in [7, 11) is 1.56. The third kappa shape index (κ3) is 4.46. The van der Waals surface area contributed by atoms with E-state index < -0.39 is 0 Å². The minimum Gasteiger partial charge on any atom is -0.494 e. The van der Waals surface area contributed by atoms with Crippen LogP contribution in [0.2, 0.25) is 5.02 Å². The molecule has 6 nitrogen and oxygen atoms in total. The van der Waals surface area contributed by atoms with Gasteiger partial charge >= 0.3 is 0 Å². The lowest BCUT2D eigenvalue weighted by atomic mass is 10.1. The molecule has 0 radical (unpaired) electrons. The number of carbonyl (C=O) groups is 1. The molecule has 0 unspecified atom stereocenters. The lowest BCUT2D eigenvalue weighted by molar-refractivity contribution is -0.114. The summed E-state index contributed by atoms with van der Waals surface area (Å²) in [4.78, 5) is 15.8. The van der Waals surface area contributed by atoms with Gasteiger partial charge in [-0.05, 0) is 50.2 Å². The van der Waals surface area contributed by atoms with Crippen molar-refractivity contribution in [2.24, 2.45) is 0 Å². The zero-order chi connectivity index (χ0) is 20.3. The number of nitrogens with one attached hydrogen (secondary N) is 2. The van der Waals surface area contributed by atoms with E-state index in [2.05, 4.69) is 15.6 Å². The molecule has 0 aliphatic heterocycles. The average molecular weight is 400 g/mol. The van der Waals surface area contributed by atoms with Crippen LogP contribution in [0, 0.1) is 6.92 Å². The molecule has 0 aliphatic carbocycles. The van der Waals surface area contributed by atoms with E-state index in [4.69, 9.17) is 20.8 Å². The van der Waals surface area contributed by atoms with Gasteiger partial charge in [0.1, 0.15) is 11.8 Å². The Morgan fingerprint density at radius 2 is 1.93 bits per heavy atom. The molecule has 146 valence electrons. The number of anilines is 2. The fraction of sp³-hybridized carbons (Fsp3) is 0.238. The van der Waals surface area contributed by atoms with Crippen LogP contribution in [0.5, 0.6) is 5.75 Å².